The molecule has 3 heterocycles. The molecule has 0 spiro atoms. The molecule has 9 heteroatoms. The number of H-pyrrole nitrogens is 1. The van der Waals surface area contributed by atoms with E-state index in [-0.39, 0.29) is 30.1 Å². The number of guanidine groups is 1. The number of aliphatic imine (C=N–C) groups is 1. The van der Waals surface area contributed by atoms with Crippen LogP contribution in [0.4, 0.5) is 0 Å². The van der Waals surface area contributed by atoms with Crippen LogP contribution in [0.1, 0.15) is 35.5 Å². The first-order valence-corrected chi connectivity index (χ1v) is 10.8. The Bertz CT molecular complexity index is 1020. The predicted octanol–water partition coefficient (Wildman–Crippen LogP) is 3.88. The molecule has 0 amide bonds. The third kappa shape index (κ3) is 5.89. The van der Waals surface area contributed by atoms with Crippen molar-refractivity contribution in [2.75, 3.05) is 32.8 Å². The number of ether oxygens (including phenoxy) is 1. The van der Waals surface area contributed by atoms with Gasteiger partial charge in [-0.1, -0.05) is 23.8 Å². The Morgan fingerprint density at radius 1 is 1.31 bits per heavy atom. The number of rotatable bonds is 6. The Labute approximate surface area is 205 Å². The molecule has 1 unspecified atom stereocenters. The summed E-state index contributed by atoms with van der Waals surface area (Å²) in [5, 5.41) is 10.6. The van der Waals surface area contributed by atoms with Gasteiger partial charge in [0.1, 0.15) is 11.9 Å². The maximum atomic E-state index is 6.10. The van der Waals surface area contributed by atoms with Gasteiger partial charge in [0.25, 0.3) is 0 Å². The second-order valence-corrected chi connectivity index (χ2v) is 7.73. The minimum atomic E-state index is 0. The van der Waals surface area contributed by atoms with Crippen molar-refractivity contribution in [2.24, 2.45) is 4.99 Å². The van der Waals surface area contributed by atoms with E-state index < -0.39 is 0 Å². The highest BCUT2D eigenvalue weighted by Gasteiger charge is 2.25. The van der Waals surface area contributed by atoms with Crippen LogP contribution in [-0.4, -0.2) is 58.8 Å². The first kappa shape index (κ1) is 24.2. The van der Waals surface area contributed by atoms with Crippen molar-refractivity contribution in [3.8, 4) is 11.6 Å². The second kappa shape index (κ2) is 11.5. The van der Waals surface area contributed by atoms with E-state index in [1.165, 1.54) is 16.7 Å². The molecule has 1 aromatic carbocycles. The van der Waals surface area contributed by atoms with Gasteiger partial charge in [-0.05, 0) is 44.0 Å². The van der Waals surface area contributed by atoms with E-state index in [2.05, 4.69) is 64.4 Å². The first-order valence-electron chi connectivity index (χ1n) is 10.8. The molecule has 2 aromatic heterocycles. The monoisotopic (exact) mass is 550 g/mol. The molecule has 32 heavy (non-hydrogen) atoms. The Balaban J connectivity index is 0.00000289. The number of nitrogens with zero attached hydrogens (tertiary/aromatic N) is 4. The molecule has 1 aliphatic rings. The van der Waals surface area contributed by atoms with E-state index >= 15 is 0 Å². The van der Waals surface area contributed by atoms with Crippen LogP contribution in [0.25, 0.3) is 11.6 Å². The zero-order valence-corrected chi connectivity index (χ0v) is 21.1. The third-order valence-electron chi connectivity index (χ3n) is 5.36. The molecular formula is C23H31IN6O2. The Kier molecular flexibility index (Phi) is 8.68. The van der Waals surface area contributed by atoms with Gasteiger partial charge in [-0.3, -0.25) is 10.1 Å². The Morgan fingerprint density at radius 3 is 2.94 bits per heavy atom. The van der Waals surface area contributed by atoms with Crippen LogP contribution in [-0.2, 0) is 11.2 Å². The van der Waals surface area contributed by atoms with Gasteiger partial charge in [-0.25, -0.2) is 4.98 Å². The van der Waals surface area contributed by atoms with Crippen molar-refractivity contribution in [1.82, 2.24) is 25.4 Å². The van der Waals surface area contributed by atoms with Crippen LogP contribution in [0.3, 0.4) is 0 Å². The maximum Gasteiger partial charge on any atom is 0.216 e. The van der Waals surface area contributed by atoms with Crippen LogP contribution in [0.2, 0.25) is 0 Å². The summed E-state index contributed by atoms with van der Waals surface area (Å²) in [6.07, 6.45) is 2.34. The average molecular weight is 550 g/mol. The highest BCUT2D eigenvalue weighted by atomic mass is 127. The SMILES string of the molecule is CCNC(=NCCc1nc(-c2ccco2)n[nH]1)N1CCOC(c2ccc(C)cc2C)C1.I. The molecule has 2 N–H and O–H groups in total. The van der Waals surface area contributed by atoms with Gasteiger partial charge in [0, 0.05) is 26.1 Å². The molecule has 1 fully saturated rings. The number of aryl methyl sites for hydroxylation is 2. The number of aromatic nitrogens is 3. The van der Waals surface area contributed by atoms with E-state index in [4.69, 9.17) is 14.1 Å². The number of hydrogen-bond acceptors (Lipinski definition) is 5. The molecule has 1 saturated heterocycles. The normalized spacial score (nSPS) is 16.7. The van der Waals surface area contributed by atoms with Gasteiger partial charge in [-0.15, -0.1) is 24.0 Å². The zero-order valence-electron chi connectivity index (χ0n) is 18.8. The molecular weight excluding hydrogens is 519 g/mol. The number of furan rings is 1. The molecule has 172 valence electrons. The van der Waals surface area contributed by atoms with Gasteiger partial charge in [0.15, 0.2) is 11.7 Å². The smallest absolute Gasteiger partial charge is 0.216 e. The number of halogens is 1. The third-order valence-corrected chi connectivity index (χ3v) is 5.36. The lowest BCUT2D eigenvalue weighted by Crippen LogP contribution is -2.48. The predicted molar refractivity (Wildman–Crippen MR) is 135 cm³/mol. The lowest BCUT2D eigenvalue weighted by atomic mass is 10.00. The van der Waals surface area contributed by atoms with Gasteiger partial charge < -0.3 is 19.4 Å². The topological polar surface area (TPSA) is 91.6 Å². The number of benzene rings is 1. The summed E-state index contributed by atoms with van der Waals surface area (Å²) in [4.78, 5) is 11.6. The fourth-order valence-corrected chi connectivity index (χ4v) is 3.83. The molecule has 0 radical (unpaired) electrons. The number of morpholine rings is 1. The van der Waals surface area contributed by atoms with E-state index in [1.54, 1.807) is 6.26 Å². The average Bonchev–Trinajstić information content (AvgIpc) is 3.45. The van der Waals surface area contributed by atoms with E-state index in [0.29, 0.717) is 31.2 Å². The van der Waals surface area contributed by atoms with Gasteiger partial charge in [-0.2, -0.15) is 5.10 Å². The van der Waals surface area contributed by atoms with E-state index in [0.717, 1.165) is 31.4 Å². The molecule has 0 aliphatic carbocycles. The molecule has 8 nitrogen and oxygen atoms in total. The summed E-state index contributed by atoms with van der Waals surface area (Å²) in [5.41, 5.74) is 3.79. The van der Waals surface area contributed by atoms with Crippen molar-refractivity contribution in [1.29, 1.82) is 0 Å². The molecule has 0 bridgehead atoms. The number of aromatic amines is 1. The van der Waals surface area contributed by atoms with Crippen molar-refractivity contribution in [2.45, 2.75) is 33.3 Å². The lowest BCUT2D eigenvalue weighted by Gasteiger charge is -2.36. The second-order valence-electron chi connectivity index (χ2n) is 7.73. The Hall–Kier alpha value is -2.40. The largest absolute Gasteiger partial charge is 0.461 e. The minimum absolute atomic E-state index is 0. The maximum absolute atomic E-state index is 6.10. The lowest BCUT2D eigenvalue weighted by molar-refractivity contribution is -0.00833. The number of hydrogen-bond donors (Lipinski definition) is 2. The van der Waals surface area contributed by atoms with Crippen LogP contribution in [0.5, 0.6) is 0 Å². The summed E-state index contributed by atoms with van der Waals surface area (Å²) in [6.45, 7) is 10.1. The van der Waals surface area contributed by atoms with Gasteiger partial charge >= 0.3 is 0 Å². The summed E-state index contributed by atoms with van der Waals surface area (Å²) in [5.74, 6) is 2.93. The van der Waals surface area contributed by atoms with Crippen LogP contribution >= 0.6 is 24.0 Å². The van der Waals surface area contributed by atoms with E-state index in [1.807, 2.05) is 12.1 Å². The fourth-order valence-electron chi connectivity index (χ4n) is 3.83. The quantitative estimate of drug-likeness (QED) is 0.275. The van der Waals surface area contributed by atoms with Crippen LogP contribution in [0.15, 0.2) is 46.0 Å². The van der Waals surface area contributed by atoms with Crippen molar-refractivity contribution < 1.29 is 9.15 Å². The Morgan fingerprint density at radius 2 is 2.19 bits per heavy atom. The van der Waals surface area contributed by atoms with Gasteiger partial charge in [0.05, 0.1) is 19.4 Å². The van der Waals surface area contributed by atoms with Crippen LogP contribution in [0, 0.1) is 13.8 Å². The van der Waals surface area contributed by atoms with Crippen molar-refractivity contribution >= 4 is 29.9 Å². The molecule has 1 atom stereocenters. The van der Waals surface area contributed by atoms with Crippen molar-refractivity contribution in [3.05, 3.63) is 59.1 Å². The summed E-state index contributed by atoms with van der Waals surface area (Å²) >= 11 is 0. The highest BCUT2D eigenvalue weighted by Crippen LogP contribution is 2.26. The standard InChI is InChI=1S/C23H30N6O2.HI/c1-4-24-23(25-10-9-21-26-22(28-27-21)19-6-5-12-30-19)29-11-13-31-20(15-29)18-8-7-16(2)14-17(18)3;/h5-8,12,14,20H,4,9-11,13,15H2,1-3H3,(H,24,25)(H,26,27,28);1H. The summed E-state index contributed by atoms with van der Waals surface area (Å²) in [6, 6.07) is 10.2. The zero-order chi connectivity index (χ0) is 21.6. The molecule has 1 aliphatic heterocycles. The van der Waals surface area contributed by atoms with Crippen molar-refractivity contribution in [3.63, 3.8) is 0 Å². The minimum Gasteiger partial charge on any atom is -0.461 e. The first-order chi connectivity index (χ1) is 15.1. The number of nitrogens with one attached hydrogen (secondary N) is 2. The highest BCUT2D eigenvalue weighted by molar-refractivity contribution is 14.0. The summed E-state index contributed by atoms with van der Waals surface area (Å²) < 4.78 is 11.4. The van der Waals surface area contributed by atoms with Crippen LogP contribution < -0.4 is 5.32 Å². The summed E-state index contributed by atoms with van der Waals surface area (Å²) in [7, 11) is 0. The van der Waals surface area contributed by atoms with Gasteiger partial charge in [0.2, 0.25) is 5.82 Å². The molecule has 3 aromatic rings. The fraction of sp³-hybridized carbons (Fsp3) is 0.435. The molecule has 4 rings (SSSR count). The molecule has 0 saturated carbocycles. The van der Waals surface area contributed by atoms with E-state index in [9.17, 15) is 0 Å².